The number of rotatable bonds is 7. The third kappa shape index (κ3) is 6.07. The van der Waals surface area contributed by atoms with E-state index in [1.54, 1.807) is 24.3 Å². The topological polar surface area (TPSA) is 80.3 Å². The predicted octanol–water partition coefficient (Wildman–Crippen LogP) is 4.57. The number of nitrogens with one attached hydrogen (secondary N) is 2. The van der Waals surface area contributed by atoms with Gasteiger partial charge in [-0.1, -0.05) is 12.1 Å². The van der Waals surface area contributed by atoms with E-state index < -0.39 is 11.7 Å². The lowest BCUT2D eigenvalue weighted by Gasteiger charge is -2.09. The van der Waals surface area contributed by atoms with Gasteiger partial charge in [0.1, 0.15) is 5.75 Å². The summed E-state index contributed by atoms with van der Waals surface area (Å²) in [5, 5.41) is 5.49. The number of carbonyl (C=O) groups excluding carboxylic acids is 2. The first-order valence-corrected chi connectivity index (χ1v) is 9.73. The summed E-state index contributed by atoms with van der Waals surface area (Å²) in [6.45, 7) is 2.66. The van der Waals surface area contributed by atoms with E-state index >= 15 is 0 Å². The number of alkyl halides is 3. The summed E-state index contributed by atoms with van der Waals surface area (Å²) in [6, 6.07) is 15.0. The highest BCUT2D eigenvalue weighted by Crippen LogP contribution is 2.30. The third-order valence-electron chi connectivity index (χ3n) is 4.41. The molecule has 32 heavy (non-hydrogen) atoms. The Hall–Kier alpha value is -3.88. The molecule has 0 atom stereocenters. The van der Waals surface area contributed by atoms with Gasteiger partial charge in [0.05, 0.1) is 5.56 Å². The van der Waals surface area contributed by atoms with Crippen molar-refractivity contribution in [3.8, 4) is 11.6 Å². The molecule has 166 valence electrons. The Morgan fingerprint density at radius 1 is 0.875 bits per heavy atom. The normalized spacial score (nSPS) is 11.0. The highest BCUT2D eigenvalue weighted by molar-refractivity contribution is 5.95. The van der Waals surface area contributed by atoms with Gasteiger partial charge in [-0.15, -0.1) is 0 Å². The van der Waals surface area contributed by atoms with E-state index in [1.165, 1.54) is 24.3 Å². The standard InChI is InChI=1S/C23H20F3N3O3/c1-2-27-21(30)16-5-3-15(4-6-16)13-29-22(31)17-7-10-19(11-8-17)32-20-12-9-18(14-28-20)23(24,25)26/h3-12,14H,2,13H2,1H3,(H,27,30)(H,29,31). The number of pyridine rings is 1. The van der Waals surface area contributed by atoms with Crippen LogP contribution in [0.5, 0.6) is 11.6 Å². The molecule has 0 saturated heterocycles. The van der Waals surface area contributed by atoms with E-state index in [4.69, 9.17) is 4.74 Å². The molecule has 0 aliphatic carbocycles. The molecule has 0 aliphatic rings. The lowest BCUT2D eigenvalue weighted by Crippen LogP contribution is -2.23. The van der Waals surface area contributed by atoms with E-state index in [0.717, 1.165) is 17.7 Å². The molecular weight excluding hydrogens is 423 g/mol. The zero-order valence-corrected chi connectivity index (χ0v) is 17.1. The summed E-state index contributed by atoms with van der Waals surface area (Å²) in [6.07, 6.45) is -3.77. The quantitative estimate of drug-likeness (QED) is 0.561. The van der Waals surface area contributed by atoms with Crippen molar-refractivity contribution >= 4 is 11.8 Å². The molecule has 9 heteroatoms. The van der Waals surface area contributed by atoms with Crippen LogP contribution in [0.1, 0.15) is 38.8 Å². The van der Waals surface area contributed by atoms with Gasteiger partial charge >= 0.3 is 6.18 Å². The van der Waals surface area contributed by atoms with Gasteiger partial charge in [0, 0.05) is 36.5 Å². The van der Waals surface area contributed by atoms with Crippen LogP contribution in [0.15, 0.2) is 66.9 Å². The molecule has 2 amide bonds. The van der Waals surface area contributed by atoms with Crippen LogP contribution in [0.2, 0.25) is 0 Å². The highest BCUT2D eigenvalue weighted by atomic mass is 19.4. The summed E-state index contributed by atoms with van der Waals surface area (Å²) in [4.78, 5) is 27.8. The molecule has 0 saturated carbocycles. The fourth-order valence-corrected chi connectivity index (χ4v) is 2.72. The fraction of sp³-hybridized carbons (Fsp3) is 0.174. The van der Waals surface area contributed by atoms with E-state index in [2.05, 4.69) is 15.6 Å². The van der Waals surface area contributed by atoms with Crippen molar-refractivity contribution in [3.05, 3.63) is 89.1 Å². The van der Waals surface area contributed by atoms with Crippen LogP contribution >= 0.6 is 0 Å². The maximum absolute atomic E-state index is 12.6. The highest BCUT2D eigenvalue weighted by Gasteiger charge is 2.30. The summed E-state index contributed by atoms with van der Waals surface area (Å²) in [7, 11) is 0. The molecule has 6 nitrogen and oxygen atoms in total. The monoisotopic (exact) mass is 443 g/mol. The SMILES string of the molecule is CCNC(=O)c1ccc(CNC(=O)c2ccc(Oc3ccc(C(F)(F)F)cn3)cc2)cc1. The fourth-order valence-electron chi connectivity index (χ4n) is 2.72. The number of benzene rings is 2. The number of halogens is 3. The molecule has 0 fully saturated rings. The van der Waals surface area contributed by atoms with Crippen molar-refractivity contribution in [1.29, 1.82) is 0 Å². The lowest BCUT2D eigenvalue weighted by atomic mass is 10.1. The van der Waals surface area contributed by atoms with E-state index in [-0.39, 0.29) is 24.2 Å². The van der Waals surface area contributed by atoms with Crippen molar-refractivity contribution in [3.63, 3.8) is 0 Å². The van der Waals surface area contributed by atoms with Gasteiger partial charge in [-0.25, -0.2) is 4.98 Å². The maximum Gasteiger partial charge on any atom is 0.417 e. The predicted molar refractivity (Wildman–Crippen MR) is 111 cm³/mol. The minimum absolute atomic E-state index is 0.00580. The van der Waals surface area contributed by atoms with Gasteiger partial charge in [-0.05, 0) is 55.0 Å². The van der Waals surface area contributed by atoms with Crippen molar-refractivity contribution in [2.75, 3.05) is 6.54 Å². The van der Waals surface area contributed by atoms with Crippen molar-refractivity contribution in [1.82, 2.24) is 15.6 Å². The number of ether oxygens (including phenoxy) is 1. The molecule has 1 heterocycles. The molecule has 0 bridgehead atoms. The molecule has 2 aromatic carbocycles. The Labute approximate surface area is 182 Å². The second-order valence-electron chi connectivity index (χ2n) is 6.75. The molecule has 2 N–H and O–H groups in total. The number of hydrogen-bond acceptors (Lipinski definition) is 4. The van der Waals surface area contributed by atoms with Gasteiger partial charge in [-0.3, -0.25) is 9.59 Å². The summed E-state index contributed by atoms with van der Waals surface area (Å²) < 4.78 is 43.2. The smallest absolute Gasteiger partial charge is 0.417 e. The van der Waals surface area contributed by atoms with E-state index in [0.29, 0.717) is 29.6 Å². The molecule has 3 rings (SSSR count). The Balaban J connectivity index is 1.54. The van der Waals surface area contributed by atoms with E-state index in [9.17, 15) is 22.8 Å². The molecule has 0 radical (unpaired) electrons. The molecule has 0 unspecified atom stereocenters. The number of amides is 2. The molecule has 0 aliphatic heterocycles. The van der Waals surface area contributed by atoms with Crippen LogP contribution in [0.4, 0.5) is 13.2 Å². The van der Waals surface area contributed by atoms with Crippen LogP contribution in [0.3, 0.4) is 0 Å². The maximum atomic E-state index is 12.6. The van der Waals surface area contributed by atoms with Gasteiger partial charge < -0.3 is 15.4 Å². The zero-order chi connectivity index (χ0) is 23.1. The Bertz CT molecular complexity index is 1060. The second kappa shape index (κ2) is 9.95. The minimum atomic E-state index is -4.47. The van der Waals surface area contributed by atoms with Gasteiger partial charge in [0.15, 0.2) is 0 Å². The van der Waals surface area contributed by atoms with Crippen LogP contribution in [-0.4, -0.2) is 23.3 Å². The first-order chi connectivity index (χ1) is 15.3. The average Bonchev–Trinajstić information content (AvgIpc) is 2.78. The summed E-state index contributed by atoms with van der Waals surface area (Å²) >= 11 is 0. The molecular formula is C23H20F3N3O3. The zero-order valence-electron chi connectivity index (χ0n) is 17.1. The molecule has 0 spiro atoms. The van der Waals surface area contributed by atoms with Crippen LogP contribution < -0.4 is 15.4 Å². The Morgan fingerprint density at radius 3 is 2.00 bits per heavy atom. The van der Waals surface area contributed by atoms with Crippen molar-refractivity contribution in [2.45, 2.75) is 19.6 Å². The first-order valence-electron chi connectivity index (χ1n) is 9.73. The Kier molecular flexibility index (Phi) is 7.09. The van der Waals surface area contributed by atoms with Crippen molar-refractivity contribution in [2.24, 2.45) is 0 Å². The largest absolute Gasteiger partial charge is 0.439 e. The second-order valence-corrected chi connectivity index (χ2v) is 6.75. The van der Waals surface area contributed by atoms with Crippen LogP contribution in [0, 0.1) is 0 Å². The number of nitrogens with zero attached hydrogens (tertiary/aromatic N) is 1. The minimum Gasteiger partial charge on any atom is -0.439 e. The van der Waals surface area contributed by atoms with Crippen molar-refractivity contribution < 1.29 is 27.5 Å². The molecule has 1 aromatic heterocycles. The number of aromatic nitrogens is 1. The summed E-state index contributed by atoms with van der Waals surface area (Å²) in [5.74, 6) is -0.130. The average molecular weight is 443 g/mol. The molecule has 3 aromatic rings. The first kappa shape index (κ1) is 22.8. The summed E-state index contributed by atoms with van der Waals surface area (Å²) in [5.41, 5.74) is 0.896. The van der Waals surface area contributed by atoms with Gasteiger partial charge in [-0.2, -0.15) is 13.2 Å². The lowest BCUT2D eigenvalue weighted by molar-refractivity contribution is -0.137. The number of carbonyl (C=O) groups is 2. The van der Waals surface area contributed by atoms with E-state index in [1.807, 2.05) is 6.92 Å². The third-order valence-corrected chi connectivity index (χ3v) is 4.41. The van der Waals surface area contributed by atoms with Crippen LogP contribution in [0.25, 0.3) is 0 Å². The number of hydrogen-bond donors (Lipinski definition) is 2. The van der Waals surface area contributed by atoms with Gasteiger partial charge in [0.2, 0.25) is 5.88 Å². The van der Waals surface area contributed by atoms with Crippen LogP contribution in [-0.2, 0) is 12.7 Å². The Morgan fingerprint density at radius 2 is 1.47 bits per heavy atom. The van der Waals surface area contributed by atoms with Gasteiger partial charge in [0.25, 0.3) is 11.8 Å².